The maximum absolute atomic E-state index is 13.4. The normalized spacial score (nSPS) is 10.6. The van der Waals surface area contributed by atoms with Crippen molar-refractivity contribution in [2.24, 2.45) is 0 Å². The van der Waals surface area contributed by atoms with E-state index in [1.54, 1.807) is 62.6 Å². The lowest BCUT2D eigenvalue weighted by molar-refractivity contribution is 0.253. The lowest BCUT2D eigenvalue weighted by Gasteiger charge is -2.25. The third kappa shape index (κ3) is 12.1. The molecule has 0 bridgehead atoms. The molecule has 4 rings (SSSR count). The molecule has 0 aliphatic carbocycles. The Balaban J connectivity index is 1.35. The predicted octanol–water partition coefficient (Wildman–Crippen LogP) is 6.60. The molecule has 0 saturated heterocycles. The monoisotopic (exact) mass is 732 g/mol. The minimum Gasteiger partial charge on any atom is -0.299 e. The molecule has 2 aromatic heterocycles. The van der Waals surface area contributed by atoms with E-state index < -0.39 is 22.5 Å². The van der Waals surface area contributed by atoms with Crippen molar-refractivity contribution in [1.82, 2.24) is 19.1 Å². The highest BCUT2D eigenvalue weighted by Gasteiger charge is 2.17. The third-order valence-corrected chi connectivity index (χ3v) is 9.29. The first-order chi connectivity index (χ1) is 26.1. The van der Waals surface area contributed by atoms with Crippen LogP contribution in [0.3, 0.4) is 0 Å². The molecule has 4 aromatic rings. The Labute approximate surface area is 317 Å². The van der Waals surface area contributed by atoms with Crippen molar-refractivity contribution < 1.29 is 4.79 Å². The first-order valence-electron chi connectivity index (χ1n) is 19.0. The van der Waals surface area contributed by atoms with Crippen molar-refractivity contribution >= 4 is 17.4 Å². The van der Waals surface area contributed by atoms with Gasteiger partial charge in [0.1, 0.15) is 11.1 Å². The molecule has 0 fully saturated rings. The van der Waals surface area contributed by atoms with Crippen molar-refractivity contribution in [3.63, 3.8) is 0 Å². The summed E-state index contributed by atoms with van der Waals surface area (Å²) in [6.07, 6.45) is 16.2. The number of hydrogen-bond acceptors (Lipinski definition) is 5. The molecule has 284 valence electrons. The van der Waals surface area contributed by atoms with E-state index in [-0.39, 0.29) is 17.2 Å². The molecule has 0 unspecified atom stereocenters. The molecular weight excluding hydrogens is 681 g/mol. The van der Waals surface area contributed by atoms with E-state index in [2.05, 4.69) is 47.5 Å². The molecule has 0 aliphatic rings. The number of benzene rings is 2. The van der Waals surface area contributed by atoms with Crippen molar-refractivity contribution in [3.05, 3.63) is 125 Å². The molecule has 2 N–H and O–H groups in total. The fourth-order valence-electron chi connectivity index (χ4n) is 5.92. The van der Waals surface area contributed by atoms with Crippen LogP contribution in [0.15, 0.2) is 80.1 Å². The van der Waals surface area contributed by atoms with E-state index in [1.165, 1.54) is 69.9 Å². The van der Waals surface area contributed by atoms with Crippen molar-refractivity contribution in [3.8, 4) is 23.7 Å². The van der Waals surface area contributed by atoms with Crippen LogP contribution >= 0.6 is 0 Å². The first kappa shape index (κ1) is 41.0. The second-order valence-corrected chi connectivity index (χ2v) is 13.5. The van der Waals surface area contributed by atoms with E-state index in [0.29, 0.717) is 35.6 Å². The lowest BCUT2D eigenvalue weighted by atomic mass is 10.1. The number of hydrogen-bond donors (Lipinski definition) is 2. The van der Waals surface area contributed by atoms with Crippen molar-refractivity contribution in [1.29, 1.82) is 0 Å². The standard InChI is InChI=1S/C43H52N6O5/c1-5-7-9-11-13-15-29-48-31-35(39(50)44-41(48)52)23-17-33-19-25-37(26-20-33)46(3)43(54)47(4)38-27-21-34(22-28-38)18-24-36-32-49(42(53)45-40(36)51)30-16-14-12-10-8-6-2/h19-22,25-28,31-32H,5-16,29-30H2,1-4H3,(H,44,50,52)(H,45,51,53). The van der Waals surface area contributed by atoms with Crippen LogP contribution in [0.4, 0.5) is 16.2 Å². The zero-order valence-electron chi connectivity index (χ0n) is 32.0. The number of unbranched alkanes of at least 4 members (excludes halogenated alkanes) is 10. The zero-order chi connectivity index (χ0) is 38.9. The average molecular weight is 733 g/mol. The first-order valence-corrected chi connectivity index (χ1v) is 19.0. The van der Waals surface area contributed by atoms with Gasteiger partial charge in [0.25, 0.3) is 11.1 Å². The van der Waals surface area contributed by atoms with Gasteiger partial charge in [-0.25, -0.2) is 14.4 Å². The van der Waals surface area contributed by atoms with Gasteiger partial charge >= 0.3 is 17.4 Å². The Hall–Kier alpha value is -5.81. The quantitative estimate of drug-likeness (QED) is 0.0990. The molecule has 0 atom stereocenters. The van der Waals surface area contributed by atoms with E-state index in [4.69, 9.17) is 0 Å². The van der Waals surface area contributed by atoms with Crippen LogP contribution in [0, 0.1) is 23.7 Å². The maximum Gasteiger partial charge on any atom is 0.328 e. The molecule has 0 spiro atoms. The number of H-pyrrole nitrogens is 2. The highest BCUT2D eigenvalue weighted by atomic mass is 16.2. The second-order valence-electron chi connectivity index (χ2n) is 13.5. The summed E-state index contributed by atoms with van der Waals surface area (Å²) in [6, 6.07) is 13.9. The van der Waals surface area contributed by atoms with E-state index in [9.17, 15) is 24.0 Å². The largest absolute Gasteiger partial charge is 0.328 e. The number of nitrogens with zero attached hydrogens (tertiary/aromatic N) is 4. The van der Waals surface area contributed by atoms with E-state index >= 15 is 0 Å². The molecule has 0 radical (unpaired) electrons. The van der Waals surface area contributed by atoms with Crippen LogP contribution in [0.2, 0.25) is 0 Å². The molecule has 11 nitrogen and oxygen atoms in total. The summed E-state index contributed by atoms with van der Waals surface area (Å²) < 4.78 is 3.02. The van der Waals surface area contributed by atoms with Crippen LogP contribution in [-0.4, -0.2) is 39.2 Å². The number of carbonyl (C=O) groups excluding carboxylic acids is 1. The van der Waals surface area contributed by atoms with E-state index in [1.807, 2.05) is 0 Å². The highest BCUT2D eigenvalue weighted by molar-refractivity contribution is 6.02. The number of anilines is 2. The zero-order valence-corrected chi connectivity index (χ0v) is 32.0. The lowest BCUT2D eigenvalue weighted by Crippen LogP contribution is -2.38. The third-order valence-electron chi connectivity index (χ3n) is 9.29. The van der Waals surface area contributed by atoms with Gasteiger partial charge in [-0.15, -0.1) is 0 Å². The maximum atomic E-state index is 13.4. The molecule has 0 saturated carbocycles. The Kier molecular flexibility index (Phi) is 15.9. The predicted molar refractivity (Wildman–Crippen MR) is 216 cm³/mol. The molecule has 2 heterocycles. The number of rotatable bonds is 16. The number of amides is 2. The van der Waals surface area contributed by atoms with Crippen molar-refractivity contribution in [2.45, 2.75) is 104 Å². The Bertz CT molecular complexity index is 2050. The van der Waals surface area contributed by atoms with Gasteiger partial charge < -0.3 is 0 Å². The number of nitrogens with one attached hydrogen (secondary N) is 2. The number of aromatic amines is 2. The average Bonchev–Trinajstić information content (AvgIpc) is 3.17. The minimum absolute atomic E-state index is 0.217. The summed E-state index contributed by atoms with van der Waals surface area (Å²) in [6.45, 7) is 5.40. The van der Waals surface area contributed by atoms with Gasteiger partial charge in [-0.05, 0) is 61.4 Å². The summed E-state index contributed by atoms with van der Waals surface area (Å²) in [5.41, 5.74) is 1.12. The van der Waals surface area contributed by atoms with Crippen LogP contribution in [0.1, 0.15) is 113 Å². The van der Waals surface area contributed by atoms with Gasteiger partial charge in [-0.1, -0.05) is 102 Å². The van der Waals surface area contributed by atoms with Gasteiger partial charge in [0.2, 0.25) is 0 Å². The number of carbonyl (C=O) groups is 1. The van der Waals surface area contributed by atoms with Crippen LogP contribution in [-0.2, 0) is 13.1 Å². The Morgan fingerprint density at radius 2 is 0.889 bits per heavy atom. The smallest absolute Gasteiger partial charge is 0.299 e. The van der Waals surface area contributed by atoms with Crippen LogP contribution < -0.4 is 32.3 Å². The number of aryl methyl sites for hydroxylation is 2. The summed E-state index contributed by atoms with van der Waals surface area (Å²) >= 11 is 0. The molecule has 2 amide bonds. The fraction of sp³-hybridized carbons (Fsp3) is 0.419. The van der Waals surface area contributed by atoms with Gasteiger partial charge in [-0.2, -0.15) is 0 Å². The summed E-state index contributed by atoms with van der Waals surface area (Å²) in [4.78, 5) is 70.6. The Morgan fingerprint density at radius 3 is 1.26 bits per heavy atom. The second kappa shape index (κ2) is 21.0. The Morgan fingerprint density at radius 1 is 0.537 bits per heavy atom. The highest BCUT2D eigenvalue weighted by Crippen LogP contribution is 2.19. The molecular formula is C43H52N6O5. The van der Waals surface area contributed by atoms with Gasteiger partial charge in [0.05, 0.1) is 0 Å². The van der Waals surface area contributed by atoms with Gasteiger partial charge in [0.15, 0.2) is 0 Å². The summed E-state index contributed by atoms with van der Waals surface area (Å²) in [5.74, 6) is 11.8. The van der Waals surface area contributed by atoms with Crippen LogP contribution in [0.5, 0.6) is 0 Å². The topological polar surface area (TPSA) is 133 Å². The SMILES string of the molecule is CCCCCCCCn1cc(C#Cc2ccc(N(C)C(=O)N(C)c3ccc(C#Cc4cn(CCCCCCCC)c(=O)[nH]c4=O)cc3)cc2)c(=O)[nH]c1=O. The number of aromatic nitrogens is 4. The number of urea groups is 1. The summed E-state index contributed by atoms with van der Waals surface area (Å²) in [7, 11) is 3.35. The molecule has 54 heavy (non-hydrogen) atoms. The fourth-order valence-corrected chi connectivity index (χ4v) is 5.92. The van der Waals surface area contributed by atoms with Crippen LogP contribution in [0.25, 0.3) is 0 Å². The molecule has 11 heteroatoms. The van der Waals surface area contributed by atoms with Crippen molar-refractivity contribution in [2.75, 3.05) is 23.9 Å². The molecule has 2 aromatic carbocycles. The van der Waals surface area contributed by atoms with Gasteiger partial charge in [-0.3, -0.25) is 38.5 Å². The van der Waals surface area contributed by atoms with E-state index in [0.717, 1.165) is 38.5 Å². The molecule has 0 aliphatic heterocycles. The van der Waals surface area contributed by atoms with Gasteiger partial charge in [0, 0.05) is 62.1 Å². The minimum atomic E-state index is -0.520. The summed E-state index contributed by atoms with van der Waals surface area (Å²) in [5, 5.41) is 0.